The zero-order valence-corrected chi connectivity index (χ0v) is 10.3. The lowest BCUT2D eigenvalue weighted by Gasteiger charge is -2.09. The predicted octanol–water partition coefficient (Wildman–Crippen LogP) is 2.51. The normalized spacial score (nSPS) is 12.2. The number of rotatable bonds is 5. The Balaban J connectivity index is 2.73. The van der Waals surface area contributed by atoms with E-state index in [0.717, 1.165) is 0 Å². The molecule has 0 amide bonds. The molecule has 5 nitrogen and oxygen atoms in total. The Morgan fingerprint density at radius 2 is 2.31 bits per heavy atom. The molecule has 0 aliphatic rings. The van der Waals surface area contributed by atoms with Crippen LogP contribution in [0.25, 0.3) is 0 Å². The van der Waals surface area contributed by atoms with Gasteiger partial charge in [0, 0.05) is 12.5 Å². The van der Waals surface area contributed by atoms with Gasteiger partial charge < -0.3 is 9.84 Å². The van der Waals surface area contributed by atoms with E-state index in [1.807, 2.05) is 0 Å². The molecule has 0 heterocycles. The number of hydrogen-bond acceptors (Lipinski definition) is 4. The number of aliphatic hydroxyl groups excluding tert-OH is 1. The minimum Gasteiger partial charge on any atom is -0.492 e. The van der Waals surface area contributed by atoms with Crippen molar-refractivity contribution in [1.29, 1.82) is 0 Å². The summed E-state index contributed by atoms with van der Waals surface area (Å²) in [4.78, 5) is 10.2. The van der Waals surface area contributed by atoms with Crippen LogP contribution in [0, 0.1) is 10.1 Å². The maximum absolute atomic E-state index is 10.6. The topological polar surface area (TPSA) is 72.6 Å². The highest BCUT2D eigenvalue weighted by Gasteiger charge is 2.15. The highest BCUT2D eigenvalue weighted by Crippen LogP contribution is 2.33. The monoisotopic (exact) mass is 289 g/mol. The number of aliphatic hydroxyl groups is 1. The van der Waals surface area contributed by atoms with Crippen LogP contribution in [0.2, 0.25) is 0 Å². The summed E-state index contributed by atoms with van der Waals surface area (Å²) in [6.45, 7) is 1.98. The number of nitro groups is 1. The molecule has 0 bridgehead atoms. The second-order valence-corrected chi connectivity index (χ2v) is 4.13. The molecular weight excluding hydrogens is 278 g/mol. The van der Waals surface area contributed by atoms with E-state index < -0.39 is 11.0 Å². The van der Waals surface area contributed by atoms with Crippen LogP contribution in [-0.2, 0) is 0 Å². The van der Waals surface area contributed by atoms with Crippen molar-refractivity contribution in [3.63, 3.8) is 0 Å². The minimum absolute atomic E-state index is 0.0328. The predicted molar refractivity (Wildman–Crippen MR) is 62.6 cm³/mol. The zero-order chi connectivity index (χ0) is 12.1. The molecular formula is C10H12BrNO4. The Hall–Kier alpha value is -1.14. The van der Waals surface area contributed by atoms with Crippen LogP contribution in [-0.4, -0.2) is 22.7 Å². The maximum Gasteiger partial charge on any atom is 0.287 e. The molecule has 0 aromatic heterocycles. The summed E-state index contributed by atoms with van der Waals surface area (Å²) < 4.78 is 5.65. The van der Waals surface area contributed by atoms with E-state index in [2.05, 4.69) is 15.9 Å². The SMILES string of the molecule is CC(O)CCOc1cccc([N+](=O)[O-])c1Br. The summed E-state index contributed by atoms with van der Waals surface area (Å²) >= 11 is 3.12. The van der Waals surface area contributed by atoms with Gasteiger partial charge in [-0.3, -0.25) is 10.1 Å². The zero-order valence-electron chi connectivity index (χ0n) is 8.72. The van der Waals surface area contributed by atoms with Crippen LogP contribution in [0.15, 0.2) is 22.7 Å². The van der Waals surface area contributed by atoms with Gasteiger partial charge in [-0.2, -0.15) is 0 Å². The first-order valence-corrected chi connectivity index (χ1v) is 5.55. The molecule has 0 aliphatic carbocycles. The van der Waals surface area contributed by atoms with Crippen molar-refractivity contribution in [2.45, 2.75) is 19.4 Å². The van der Waals surface area contributed by atoms with Crippen molar-refractivity contribution in [2.24, 2.45) is 0 Å². The first kappa shape index (κ1) is 12.9. The maximum atomic E-state index is 10.6. The number of halogens is 1. The fourth-order valence-corrected chi connectivity index (χ4v) is 1.61. The van der Waals surface area contributed by atoms with Gasteiger partial charge >= 0.3 is 0 Å². The van der Waals surface area contributed by atoms with Crippen molar-refractivity contribution >= 4 is 21.6 Å². The van der Waals surface area contributed by atoms with Gasteiger partial charge in [0.05, 0.1) is 17.6 Å². The van der Waals surface area contributed by atoms with Gasteiger partial charge in [-0.15, -0.1) is 0 Å². The van der Waals surface area contributed by atoms with Crippen LogP contribution in [0.4, 0.5) is 5.69 Å². The Kier molecular flexibility index (Phi) is 4.70. The third-order valence-electron chi connectivity index (χ3n) is 1.93. The largest absolute Gasteiger partial charge is 0.492 e. The lowest BCUT2D eigenvalue weighted by atomic mass is 10.3. The van der Waals surface area contributed by atoms with Crippen LogP contribution in [0.1, 0.15) is 13.3 Å². The van der Waals surface area contributed by atoms with Gasteiger partial charge in [-0.1, -0.05) is 6.07 Å². The number of ether oxygens (including phenoxy) is 1. The van der Waals surface area contributed by atoms with Crippen molar-refractivity contribution in [3.8, 4) is 5.75 Å². The first-order valence-electron chi connectivity index (χ1n) is 4.76. The molecule has 1 aromatic carbocycles. The van der Waals surface area contributed by atoms with Gasteiger partial charge in [-0.25, -0.2) is 0 Å². The van der Waals surface area contributed by atoms with Gasteiger partial charge in [0.2, 0.25) is 0 Å². The number of nitrogens with zero attached hydrogens (tertiary/aromatic N) is 1. The number of hydrogen-bond donors (Lipinski definition) is 1. The summed E-state index contributed by atoms with van der Waals surface area (Å²) in [7, 11) is 0. The van der Waals surface area contributed by atoms with Crippen molar-refractivity contribution < 1.29 is 14.8 Å². The average molecular weight is 290 g/mol. The summed E-state index contributed by atoms with van der Waals surface area (Å²) in [5.74, 6) is 0.412. The molecule has 0 saturated heterocycles. The van der Waals surface area contributed by atoms with Crippen molar-refractivity contribution in [2.75, 3.05) is 6.61 Å². The fourth-order valence-electron chi connectivity index (χ4n) is 1.09. The third kappa shape index (κ3) is 3.46. The highest BCUT2D eigenvalue weighted by atomic mass is 79.9. The summed E-state index contributed by atoms with van der Waals surface area (Å²) in [5.41, 5.74) is -0.0328. The van der Waals surface area contributed by atoms with Gasteiger partial charge in [0.15, 0.2) is 0 Å². The van der Waals surface area contributed by atoms with Gasteiger partial charge in [-0.05, 0) is 28.9 Å². The van der Waals surface area contributed by atoms with E-state index in [4.69, 9.17) is 9.84 Å². The molecule has 0 fully saturated rings. The summed E-state index contributed by atoms with van der Waals surface area (Å²) in [6.07, 6.45) is 0.0345. The van der Waals surface area contributed by atoms with E-state index in [1.165, 1.54) is 6.07 Å². The Morgan fingerprint density at radius 3 is 2.88 bits per heavy atom. The first-order chi connectivity index (χ1) is 7.52. The molecule has 1 unspecified atom stereocenters. The molecule has 1 N–H and O–H groups in total. The summed E-state index contributed by atoms with van der Waals surface area (Å²) in [5, 5.41) is 19.7. The van der Waals surface area contributed by atoms with E-state index in [9.17, 15) is 10.1 Å². The molecule has 16 heavy (non-hydrogen) atoms. The third-order valence-corrected chi connectivity index (χ3v) is 2.73. The second kappa shape index (κ2) is 5.81. The Labute approximate surface area is 101 Å². The molecule has 1 rings (SSSR count). The highest BCUT2D eigenvalue weighted by molar-refractivity contribution is 9.10. The van der Waals surface area contributed by atoms with Crippen LogP contribution in [0.5, 0.6) is 5.75 Å². The summed E-state index contributed by atoms with van der Waals surface area (Å²) in [6, 6.07) is 4.59. The molecule has 88 valence electrons. The second-order valence-electron chi connectivity index (χ2n) is 3.33. The van der Waals surface area contributed by atoms with E-state index in [0.29, 0.717) is 23.2 Å². The van der Waals surface area contributed by atoms with Gasteiger partial charge in [0.25, 0.3) is 5.69 Å². The molecule has 0 spiro atoms. The van der Waals surface area contributed by atoms with Crippen LogP contribution >= 0.6 is 15.9 Å². The quantitative estimate of drug-likeness (QED) is 0.668. The molecule has 0 aliphatic heterocycles. The molecule has 1 atom stereocenters. The molecule has 6 heteroatoms. The molecule has 0 radical (unpaired) electrons. The average Bonchev–Trinajstić information content (AvgIpc) is 2.19. The van der Waals surface area contributed by atoms with Crippen molar-refractivity contribution in [3.05, 3.63) is 32.8 Å². The van der Waals surface area contributed by atoms with Gasteiger partial charge in [0.1, 0.15) is 10.2 Å². The minimum atomic E-state index is -0.481. The Bertz CT molecular complexity index is 381. The molecule has 0 saturated carbocycles. The van der Waals surface area contributed by atoms with Crippen LogP contribution in [0.3, 0.4) is 0 Å². The molecule has 1 aromatic rings. The standard InChI is InChI=1S/C10H12BrNO4/c1-7(13)5-6-16-9-4-2-3-8(10(9)11)12(14)15/h2-4,7,13H,5-6H2,1H3. The van der Waals surface area contributed by atoms with E-state index >= 15 is 0 Å². The lowest BCUT2D eigenvalue weighted by Crippen LogP contribution is -2.07. The van der Waals surface area contributed by atoms with Crippen LogP contribution < -0.4 is 4.74 Å². The Morgan fingerprint density at radius 1 is 1.62 bits per heavy atom. The number of nitro benzene ring substituents is 1. The van der Waals surface area contributed by atoms with Crippen molar-refractivity contribution in [1.82, 2.24) is 0 Å². The lowest BCUT2D eigenvalue weighted by molar-refractivity contribution is -0.385. The fraction of sp³-hybridized carbons (Fsp3) is 0.400. The number of benzene rings is 1. The van der Waals surface area contributed by atoms with E-state index in [1.54, 1.807) is 19.1 Å². The smallest absolute Gasteiger partial charge is 0.287 e. The van der Waals surface area contributed by atoms with E-state index in [-0.39, 0.29) is 5.69 Å².